The van der Waals surface area contributed by atoms with Crippen LogP contribution in [0.3, 0.4) is 0 Å². The summed E-state index contributed by atoms with van der Waals surface area (Å²) in [7, 11) is 2.93. The molecule has 0 aromatic heterocycles. The quantitative estimate of drug-likeness (QED) is 0.287. The second-order valence-corrected chi connectivity index (χ2v) is 9.82. The Kier molecular flexibility index (Phi) is 9.83. The summed E-state index contributed by atoms with van der Waals surface area (Å²) in [6, 6.07) is 2.10. The molecule has 1 unspecified atom stereocenters. The monoisotopic (exact) mass is 332 g/mol. The van der Waals surface area contributed by atoms with Crippen LogP contribution in [0.15, 0.2) is 0 Å². The largest absolute Gasteiger partial charge is 0.397 e. The molecule has 4 nitrogen and oxygen atoms in total. The number of hydrogen-bond acceptors (Lipinski definition) is 4. The van der Waals surface area contributed by atoms with Crippen molar-refractivity contribution in [3.63, 3.8) is 0 Å². The molecule has 1 saturated heterocycles. The Morgan fingerprint density at radius 1 is 0.909 bits per heavy atom. The number of methoxy groups -OCH3 is 2. The van der Waals surface area contributed by atoms with Gasteiger partial charge in [0, 0.05) is 27.8 Å². The molecule has 0 radical (unpaired) electrons. The van der Waals surface area contributed by atoms with Crippen LogP contribution in [0.5, 0.6) is 0 Å². The van der Waals surface area contributed by atoms with E-state index in [1.165, 1.54) is 51.4 Å². The van der Waals surface area contributed by atoms with Gasteiger partial charge >= 0.3 is 8.56 Å². The summed E-state index contributed by atoms with van der Waals surface area (Å²) < 4.78 is 23.1. The van der Waals surface area contributed by atoms with Gasteiger partial charge in [-0.15, -0.1) is 0 Å². The summed E-state index contributed by atoms with van der Waals surface area (Å²) in [6.45, 7) is 2.26. The van der Waals surface area contributed by atoms with Crippen molar-refractivity contribution in [2.45, 2.75) is 89.2 Å². The Hall–Kier alpha value is 0.0569. The first-order valence-electron chi connectivity index (χ1n) is 9.01. The molecule has 5 heteroatoms. The predicted molar refractivity (Wildman–Crippen MR) is 92.1 cm³/mol. The van der Waals surface area contributed by atoms with Crippen molar-refractivity contribution in [3.8, 4) is 0 Å². The lowest BCUT2D eigenvalue weighted by molar-refractivity contribution is -0.341. The molecule has 22 heavy (non-hydrogen) atoms. The lowest BCUT2D eigenvalue weighted by Crippen LogP contribution is -2.55. The maximum Gasteiger partial charge on any atom is 0.342 e. The zero-order valence-electron chi connectivity index (χ0n) is 15.1. The molecule has 0 aromatic rings. The molecule has 1 rings (SSSR count). The number of rotatable bonds is 12. The molecule has 1 aliphatic heterocycles. The van der Waals surface area contributed by atoms with Crippen LogP contribution in [0.25, 0.3) is 0 Å². The number of ether oxygens (including phenoxy) is 2. The standard InChI is InChI=1S/C17H36O4Si/c1-5-6-7-8-9-10-11-12-15-22(20-4)16-13-14-17(18-2,19-3)21-22/h5-16H2,1-4H3. The summed E-state index contributed by atoms with van der Waals surface area (Å²) in [5, 5.41) is 0. The highest BCUT2D eigenvalue weighted by molar-refractivity contribution is 6.67. The van der Waals surface area contributed by atoms with Crippen LogP contribution in [0.2, 0.25) is 12.1 Å². The second kappa shape index (κ2) is 10.8. The minimum absolute atomic E-state index is 0.787. The maximum absolute atomic E-state index is 6.24. The predicted octanol–water partition coefficient (Wildman–Crippen LogP) is 4.97. The molecule has 132 valence electrons. The first kappa shape index (κ1) is 20.1. The van der Waals surface area contributed by atoms with E-state index in [1.54, 1.807) is 21.3 Å². The molecule has 1 fully saturated rings. The Balaban J connectivity index is 2.28. The zero-order chi connectivity index (χ0) is 16.3. The molecular formula is C17H36O4Si. The first-order valence-corrected chi connectivity index (χ1v) is 11.2. The van der Waals surface area contributed by atoms with Gasteiger partial charge in [-0.3, -0.25) is 0 Å². The van der Waals surface area contributed by atoms with Gasteiger partial charge in [-0.1, -0.05) is 58.3 Å². The summed E-state index contributed by atoms with van der Waals surface area (Å²) in [5.74, 6) is -0.874. The number of unbranched alkanes of at least 4 members (excludes halogenated alkanes) is 7. The van der Waals surface area contributed by atoms with Crippen LogP contribution in [-0.2, 0) is 18.3 Å². The fourth-order valence-corrected chi connectivity index (χ4v) is 6.57. The van der Waals surface area contributed by atoms with Gasteiger partial charge in [0.05, 0.1) is 0 Å². The molecule has 1 heterocycles. The summed E-state index contributed by atoms with van der Waals surface area (Å²) >= 11 is 0. The molecule has 0 aliphatic carbocycles. The first-order chi connectivity index (χ1) is 10.7. The van der Waals surface area contributed by atoms with Gasteiger partial charge in [0.1, 0.15) is 0 Å². The van der Waals surface area contributed by atoms with E-state index in [1.807, 2.05) is 0 Å². The van der Waals surface area contributed by atoms with Crippen LogP contribution < -0.4 is 0 Å². The van der Waals surface area contributed by atoms with Crippen molar-refractivity contribution in [3.05, 3.63) is 0 Å². The topological polar surface area (TPSA) is 36.9 Å². The van der Waals surface area contributed by atoms with Gasteiger partial charge in [0.2, 0.25) is 0 Å². The van der Waals surface area contributed by atoms with Crippen molar-refractivity contribution in [2.75, 3.05) is 21.3 Å². The molecular weight excluding hydrogens is 296 g/mol. The van der Waals surface area contributed by atoms with Gasteiger partial charge in [0.25, 0.3) is 5.97 Å². The lowest BCUT2D eigenvalue weighted by Gasteiger charge is -2.43. The third-order valence-corrected chi connectivity index (χ3v) is 8.45. The van der Waals surface area contributed by atoms with Crippen LogP contribution in [0, 0.1) is 0 Å². The van der Waals surface area contributed by atoms with Crippen LogP contribution in [-0.4, -0.2) is 35.9 Å². The van der Waals surface area contributed by atoms with Crippen molar-refractivity contribution in [2.24, 2.45) is 0 Å². The van der Waals surface area contributed by atoms with E-state index in [2.05, 4.69) is 6.92 Å². The van der Waals surface area contributed by atoms with Gasteiger partial charge in [0.15, 0.2) is 0 Å². The lowest BCUT2D eigenvalue weighted by atomic mass is 10.1. The van der Waals surface area contributed by atoms with Gasteiger partial charge in [-0.25, -0.2) is 0 Å². The molecule has 0 bridgehead atoms. The number of hydrogen-bond donors (Lipinski definition) is 0. The molecule has 0 amide bonds. The van der Waals surface area contributed by atoms with Crippen LogP contribution in [0.4, 0.5) is 0 Å². The maximum atomic E-state index is 6.24. The van der Waals surface area contributed by atoms with Crippen molar-refractivity contribution in [1.82, 2.24) is 0 Å². The second-order valence-electron chi connectivity index (χ2n) is 6.39. The summed E-state index contributed by atoms with van der Waals surface area (Å²) in [4.78, 5) is 0. The molecule has 1 aliphatic rings. The van der Waals surface area contributed by atoms with E-state index < -0.39 is 14.5 Å². The van der Waals surface area contributed by atoms with Gasteiger partial charge in [-0.05, 0) is 18.5 Å². The van der Waals surface area contributed by atoms with Gasteiger partial charge < -0.3 is 18.3 Å². The minimum atomic E-state index is -2.17. The third kappa shape index (κ3) is 6.28. The van der Waals surface area contributed by atoms with Crippen LogP contribution >= 0.6 is 0 Å². The smallest absolute Gasteiger partial charge is 0.342 e. The zero-order valence-corrected chi connectivity index (χ0v) is 16.1. The average Bonchev–Trinajstić information content (AvgIpc) is 2.57. The summed E-state index contributed by atoms with van der Waals surface area (Å²) in [6.07, 6.45) is 12.5. The highest BCUT2D eigenvalue weighted by Crippen LogP contribution is 2.38. The molecule has 0 N–H and O–H groups in total. The normalized spacial score (nSPS) is 24.5. The van der Waals surface area contributed by atoms with Crippen molar-refractivity contribution < 1.29 is 18.3 Å². The fraction of sp³-hybridized carbons (Fsp3) is 1.00. The fourth-order valence-electron chi connectivity index (χ4n) is 3.28. The molecule has 0 spiro atoms. The minimum Gasteiger partial charge on any atom is -0.397 e. The van der Waals surface area contributed by atoms with E-state index in [4.69, 9.17) is 18.3 Å². The van der Waals surface area contributed by atoms with Crippen molar-refractivity contribution in [1.29, 1.82) is 0 Å². The Bertz CT molecular complexity index is 284. The van der Waals surface area contributed by atoms with E-state index in [9.17, 15) is 0 Å². The highest BCUT2D eigenvalue weighted by atomic mass is 28.4. The van der Waals surface area contributed by atoms with Crippen molar-refractivity contribution >= 4 is 8.56 Å². The average molecular weight is 333 g/mol. The molecule has 0 saturated carbocycles. The Morgan fingerprint density at radius 3 is 2.05 bits per heavy atom. The van der Waals surface area contributed by atoms with E-state index in [0.717, 1.165) is 24.9 Å². The van der Waals surface area contributed by atoms with E-state index >= 15 is 0 Å². The molecule has 1 atom stereocenters. The summed E-state index contributed by atoms with van der Waals surface area (Å²) in [5.41, 5.74) is 0. The SMILES string of the molecule is CCCCCCCCCC[Si]1(OC)CCCC(OC)(OC)O1. The molecule has 0 aromatic carbocycles. The third-order valence-electron chi connectivity index (χ3n) is 4.79. The Morgan fingerprint density at radius 2 is 1.50 bits per heavy atom. The Labute approximate surface area is 138 Å². The van der Waals surface area contributed by atoms with E-state index in [-0.39, 0.29) is 0 Å². The van der Waals surface area contributed by atoms with Crippen LogP contribution in [0.1, 0.15) is 71.1 Å². The van der Waals surface area contributed by atoms with E-state index in [0.29, 0.717) is 0 Å². The highest BCUT2D eigenvalue weighted by Gasteiger charge is 2.49. The van der Waals surface area contributed by atoms with Gasteiger partial charge in [-0.2, -0.15) is 0 Å².